The number of carbonyl (C=O) groups is 1. The van der Waals surface area contributed by atoms with Crippen molar-refractivity contribution in [2.75, 3.05) is 13.2 Å². The number of nitrogens with two attached hydrogens (primary N) is 2. The van der Waals surface area contributed by atoms with Gasteiger partial charge in [-0.1, -0.05) is 49.2 Å². The van der Waals surface area contributed by atoms with E-state index in [2.05, 4.69) is 36.6 Å². The van der Waals surface area contributed by atoms with Crippen molar-refractivity contribution in [1.29, 1.82) is 0 Å². The van der Waals surface area contributed by atoms with Crippen molar-refractivity contribution in [3.8, 4) is 0 Å². The number of rotatable bonds is 12. The third-order valence-electron chi connectivity index (χ3n) is 5.31. The summed E-state index contributed by atoms with van der Waals surface area (Å²) in [4.78, 5) is 12.1. The van der Waals surface area contributed by atoms with Gasteiger partial charge in [0.1, 0.15) is 5.60 Å². The van der Waals surface area contributed by atoms with Crippen molar-refractivity contribution in [3.63, 3.8) is 0 Å². The van der Waals surface area contributed by atoms with Crippen molar-refractivity contribution in [2.45, 2.75) is 71.8 Å². The maximum atomic E-state index is 12.1. The number of benzene rings is 1. The molecule has 0 saturated carbocycles. The Morgan fingerprint density at radius 2 is 1.84 bits per heavy atom. The zero-order valence-corrected chi connectivity index (χ0v) is 20.6. The molecule has 0 fully saturated rings. The summed E-state index contributed by atoms with van der Waals surface area (Å²) in [7, 11) is 0. The zero-order chi connectivity index (χ0) is 23.6. The molecular weight excluding hydrogens is 426 g/mol. The van der Waals surface area contributed by atoms with E-state index in [0.29, 0.717) is 30.7 Å². The summed E-state index contributed by atoms with van der Waals surface area (Å²) in [6.07, 6.45) is 6.79. The Morgan fingerprint density at radius 1 is 1.16 bits per heavy atom. The minimum Gasteiger partial charge on any atom is -0.460 e. The molecule has 0 spiro atoms. The molecule has 2 rings (SSSR count). The maximum Gasteiger partial charge on any atom is 0.306 e. The van der Waals surface area contributed by atoms with Crippen molar-refractivity contribution < 1.29 is 19.7 Å². The Kier molecular flexibility index (Phi) is 10.6. The van der Waals surface area contributed by atoms with Gasteiger partial charge < -0.3 is 15.2 Å². The minimum absolute atomic E-state index is 0.116. The van der Waals surface area contributed by atoms with Crippen LogP contribution in [0.15, 0.2) is 46.9 Å². The lowest BCUT2D eigenvalue weighted by molar-refractivity contribution is -0.660. The van der Waals surface area contributed by atoms with Crippen LogP contribution in [-0.4, -0.2) is 24.8 Å². The molecule has 0 aromatic heterocycles. The fourth-order valence-corrected chi connectivity index (χ4v) is 3.73. The van der Waals surface area contributed by atoms with Gasteiger partial charge in [-0.15, -0.1) is 0 Å². The number of hydrogen-bond acceptors (Lipinski definition) is 5. The average molecular weight is 465 g/mol. The third kappa shape index (κ3) is 10.1. The lowest BCUT2D eigenvalue weighted by atomic mass is 9.93. The van der Waals surface area contributed by atoms with E-state index in [1.807, 2.05) is 26.8 Å². The van der Waals surface area contributed by atoms with Gasteiger partial charge in [-0.05, 0) is 69.6 Å². The number of allylic oxidation sites excluding steroid dienone is 2. The molecule has 0 radical (unpaired) electrons. The number of ether oxygens (including phenoxy) is 2. The molecule has 1 unspecified atom stereocenters. The summed E-state index contributed by atoms with van der Waals surface area (Å²) in [5.41, 5.74) is 13.7. The van der Waals surface area contributed by atoms with E-state index >= 15 is 0 Å². The predicted molar refractivity (Wildman–Crippen MR) is 128 cm³/mol. The van der Waals surface area contributed by atoms with E-state index in [4.69, 9.17) is 26.8 Å². The first-order valence-corrected chi connectivity index (χ1v) is 11.9. The molecule has 0 bridgehead atoms. The number of quaternary nitrogens is 1. The first-order valence-electron chi connectivity index (χ1n) is 11.5. The van der Waals surface area contributed by atoms with E-state index in [0.717, 1.165) is 43.5 Å². The lowest BCUT2D eigenvalue weighted by Crippen LogP contribution is -2.93. The highest BCUT2D eigenvalue weighted by molar-refractivity contribution is 6.29. The molecule has 1 aromatic carbocycles. The summed E-state index contributed by atoms with van der Waals surface area (Å²) in [5, 5.41) is 0.591. The second-order valence-electron chi connectivity index (χ2n) is 9.31. The monoisotopic (exact) mass is 464 g/mol. The molecule has 7 heteroatoms. The Morgan fingerprint density at radius 3 is 2.50 bits per heavy atom. The highest BCUT2D eigenvalue weighted by atomic mass is 35.5. The molecule has 1 atom stereocenters. The van der Waals surface area contributed by atoms with Crippen LogP contribution in [0.4, 0.5) is 0 Å². The summed E-state index contributed by atoms with van der Waals surface area (Å²) in [5.74, 6) is 0.908. The molecule has 0 amide bonds. The largest absolute Gasteiger partial charge is 0.460 e. The Hall–Kier alpha value is -2.02. The molecule has 178 valence electrons. The number of esters is 1. The highest BCUT2D eigenvalue weighted by Gasteiger charge is 2.20. The standard InChI is InChI=1S/C25H38ClN3O3/c1-5-18(16-23(30)32-25(2,3)4)15-20-10-8-19(9-11-20)12-14-31-13-6-7-21-17-22(26)28-29-24(21)27/h8-11,17-18,28-29H,5-7,12-16,27H2,1-4H3/p+1. The van der Waals surface area contributed by atoms with E-state index in [-0.39, 0.29) is 5.97 Å². The average Bonchev–Trinajstić information content (AvgIpc) is 2.72. The van der Waals surface area contributed by atoms with Gasteiger partial charge in [-0.25, -0.2) is 5.43 Å². The molecule has 1 aliphatic heterocycles. The fraction of sp³-hybridized carbons (Fsp3) is 0.560. The van der Waals surface area contributed by atoms with Crippen LogP contribution in [0.3, 0.4) is 0 Å². The SMILES string of the molecule is CCC(CC(=O)OC(C)(C)C)Cc1ccc(CCOCCCC2=C(N)[NH2+]NC(Cl)=C2)cc1. The number of carbonyl (C=O) groups excluding carboxylic acids is 1. The Bertz CT molecular complexity index is 798. The number of halogens is 1. The molecule has 5 N–H and O–H groups in total. The highest BCUT2D eigenvalue weighted by Crippen LogP contribution is 2.19. The van der Waals surface area contributed by atoms with E-state index in [9.17, 15) is 4.79 Å². The molecule has 0 aliphatic carbocycles. The lowest BCUT2D eigenvalue weighted by Gasteiger charge is -2.22. The zero-order valence-electron chi connectivity index (χ0n) is 19.9. The summed E-state index contributed by atoms with van der Waals surface area (Å²) < 4.78 is 11.3. The van der Waals surface area contributed by atoms with Crippen LogP contribution >= 0.6 is 11.6 Å². The Labute approximate surface area is 197 Å². The topological polar surface area (TPSA) is 90.2 Å². The van der Waals surface area contributed by atoms with Gasteiger partial charge in [0.05, 0.1) is 6.61 Å². The fourth-order valence-electron chi connectivity index (χ4n) is 3.55. The van der Waals surface area contributed by atoms with E-state index in [1.165, 1.54) is 11.1 Å². The van der Waals surface area contributed by atoms with Crippen LogP contribution in [0.1, 0.15) is 64.5 Å². The summed E-state index contributed by atoms with van der Waals surface area (Å²) in [6, 6.07) is 8.63. The molecule has 32 heavy (non-hydrogen) atoms. The van der Waals surface area contributed by atoms with Gasteiger partial charge in [-0.3, -0.25) is 4.79 Å². The van der Waals surface area contributed by atoms with Gasteiger partial charge in [-0.2, -0.15) is 5.43 Å². The second kappa shape index (κ2) is 12.9. The molecule has 1 aliphatic rings. The molecule has 6 nitrogen and oxygen atoms in total. The van der Waals surface area contributed by atoms with Crippen molar-refractivity contribution in [3.05, 3.63) is 58.0 Å². The molecule has 1 heterocycles. The second-order valence-corrected chi connectivity index (χ2v) is 9.72. The first kappa shape index (κ1) is 26.2. The van der Waals surface area contributed by atoms with Crippen LogP contribution in [0.25, 0.3) is 0 Å². The maximum absolute atomic E-state index is 12.1. The van der Waals surface area contributed by atoms with Crippen LogP contribution in [0.5, 0.6) is 0 Å². The van der Waals surface area contributed by atoms with Crippen LogP contribution in [0.2, 0.25) is 0 Å². The molecule has 0 saturated heterocycles. The molecular formula is C25H39ClN3O3+. The Balaban J connectivity index is 1.67. The van der Waals surface area contributed by atoms with Gasteiger partial charge in [0.15, 0.2) is 5.16 Å². The molecule has 1 aromatic rings. The number of hydrogen-bond donors (Lipinski definition) is 3. The smallest absolute Gasteiger partial charge is 0.306 e. The number of nitrogens with one attached hydrogen (secondary N) is 1. The van der Waals surface area contributed by atoms with E-state index < -0.39 is 5.60 Å². The first-order chi connectivity index (χ1) is 15.2. The quantitative estimate of drug-likeness (QED) is 0.190. The summed E-state index contributed by atoms with van der Waals surface area (Å²) >= 11 is 5.98. The van der Waals surface area contributed by atoms with Gasteiger partial charge in [0, 0.05) is 18.6 Å². The summed E-state index contributed by atoms with van der Waals surface area (Å²) in [6.45, 7) is 9.22. The van der Waals surface area contributed by atoms with Crippen LogP contribution in [-0.2, 0) is 27.1 Å². The normalized spacial score (nSPS) is 15.2. The third-order valence-corrected chi connectivity index (χ3v) is 5.53. The van der Waals surface area contributed by atoms with Crippen molar-refractivity contribution in [2.24, 2.45) is 11.7 Å². The van der Waals surface area contributed by atoms with Crippen molar-refractivity contribution >= 4 is 17.6 Å². The van der Waals surface area contributed by atoms with Gasteiger partial charge in [0.25, 0.3) is 0 Å². The van der Waals surface area contributed by atoms with Crippen molar-refractivity contribution in [1.82, 2.24) is 5.43 Å². The van der Waals surface area contributed by atoms with Crippen LogP contribution in [0, 0.1) is 5.92 Å². The van der Waals surface area contributed by atoms with Gasteiger partial charge >= 0.3 is 5.97 Å². The van der Waals surface area contributed by atoms with Gasteiger partial charge in [0.2, 0.25) is 5.82 Å². The predicted octanol–water partition coefficient (Wildman–Crippen LogP) is 3.66. The minimum atomic E-state index is -0.430. The van der Waals surface area contributed by atoms with E-state index in [1.54, 1.807) is 5.43 Å². The van der Waals surface area contributed by atoms with Crippen LogP contribution < -0.4 is 16.6 Å².